The van der Waals surface area contributed by atoms with E-state index >= 15 is 0 Å². The van der Waals surface area contributed by atoms with E-state index in [4.69, 9.17) is 10.00 Å². The van der Waals surface area contributed by atoms with Crippen molar-refractivity contribution in [3.05, 3.63) is 47.3 Å². The Labute approximate surface area is 153 Å². The summed E-state index contributed by atoms with van der Waals surface area (Å²) in [7, 11) is 3.25. The molecule has 136 valence electrons. The number of aromatic nitrogens is 2. The Bertz CT molecular complexity index is 824. The number of rotatable bonds is 5. The summed E-state index contributed by atoms with van der Waals surface area (Å²) in [5, 5.41) is 16.2. The minimum absolute atomic E-state index is 0.172. The number of benzene rings is 1. The second-order valence-corrected chi connectivity index (χ2v) is 6.43. The molecule has 1 saturated heterocycles. The van der Waals surface area contributed by atoms with Gasteiger partial charge in [0.15, 0.2) is 0 Å². The quantitative estimate of drug-likeness (QED) is 0.888. The van der Waals surface area contributed by atoms with Gasteiger partial charge in [-0.05, 0) is 43.7 Å². The third-order valence-electron chi connectivity index (χ3n) is 4.73. The van der Waals surface area contributed by atoms with Crippen LogP contribution in [0.3, 0.4) is 0 Å². The number of methoxy groups -OCH3 is 1. The van der Waals surface area contributed by atoms with Gasteiger partial charge in [-0.1, -0.05) is 0 Å². The summed E-state index contributed by atoms with van der Waals surface area (Å²) < 4.78 is 7.33. The minimum Gasteiger partial charge on any atom is -0.496 e. The van der Waals surface area contributed by atoms with E-state index in [0.717, 1.165) is 43.8 Å². The summed E-state index contributed by atoms with van der Waals surface area (Å²) in [6.45, 7) is 2.55. The molecule has 0 radical (unpaired) electrons. The lowest BCUT2D eigenvalue weighted by atomic mass is 10.0. The number of ether oxygens (including phenoxy) is 1. The summed E-state index contributed by atoms with van der Waals surface area (Å²) in [6, 6.07) is 9.66. The van der Waals surface area contributed by atoms with Crippen LogP contribution in [0.1, 0.15) is 40.5 Å². The number of amides is 1. The van der Waals surface area contributed by atoms with E-state index in [9.17, 15) is 4.79 Å². The maximum Gasteiger partial charge on any atom is 0.271 e. The first-order chi connectivity index (χ1) is 12.6. The monoisotopic (exact) mass is 353 g/mol. The number of hydrogen-bond acceptors (Lipinski definition) is 5. The third kappa shape index (κ3) is 3.86. The highest BCUT2D eigenvalue weighted by molar-refractivity contribution is 5.91. The molecule has 1 aliphatic heterocycles. The van der Waals surface area contributed by atoms with Crippen LogP contribution in [0.2, 0.25) is 0 Å². The fourth-order valence-electron chi connectivity index (χ4n) is 3.39. The zero-order valence-corrected chi connectivity index (χ0v) is 15.1. The smallest absolute Gasteiger partial charge is 0.271 e. The van der Waals surface area contributed by atoms with Crippen molar-refractivity contribution < 1.29 is 9.53 Å². The largest absolute Gasteiger partial charge is 0.496 e. The van der Waals surface area contributed by atoms with E-state index in [-0.39, 0.29) is 11.9 Å². The molecule has 0 bridgehead atoms. The van der Waals surface area contributed by atoms with Gasteiger partial charge in [0.2, 0.25) is 0 Å². The summed E-state index contributed by atoms with van der Waals surface area (Å²) in [5.74, 6) is 0.626. The molecule has 1 amide bonds. The predicted molar refractivity (Wildman–Crippen MR) is 96.9 cm³/mol. The summed E-state index contributed by atoms with van der Waals surface area (Å²) in [5.41, 5.74) is 2.09. The Hall–Kier alpha value is -2.85. The Morgan fingerprint density at radius 1 is 1.46 bits per heavy atom. The molecular weight excluding hydrogens is 330 g/mol. The van der Waals surface area contributed by atoms with E-state index in [0.29, 0.717) is 11.3 Å². The van der Waals surface area contributed by atoms with Crippen molar-refractivity contribution in [2.24, 2.45) is 0 Å². The molecule has 1 aliphatic rings. The lowest BCUT2D eigenvalue weighted by molar-refractivity contribution is 0.0955. The van der Waals surface area contributed by atoms with Gasteiger partial charge in [0, 0.05) is 31.9 Å². The average Bonchev–Trinajstić information content (AvgIpc) is 3.18. The standard InChI is InChI=1S/C19H23N5O2/c1-21-19(25)17-7-9-24(22-17)16-4-3-8-23(13-16)12-15-10-14(11-20)5-6-18(15)26-2/h5-7,9-10,16H,3-4,8,12-13H2,1-2H3,(H,21,25)/t16-/m0/s1. The van der Waals surface area contributed by atoms with Gasteiger partial charge in [-0.2, -0.15) is 10.4 Å². The van der Waals surface area contributed by atoms with E-state index < -0.39 is 0 Å². The van der Waals surface area contributed by atoms with Crippen molar-refractivity contribution in [2.45, 2.75) is 25.4 Å². The molecule has 1 atom stereocenters. The molecule has 26 heavy (non-hydrogen) atoms. The number of carbonyl (C=O) groups is 1. The Morgan fingerprint density at radius 2 is 2.31 bits per heavy atom. The van der Waals surface area contributed by atoms with E-state index in [1.54, 1.807) is 26.3 Å². The van der Waals surface area contributed by atoms with Gasteiger partial charge in [0.05, 0.1) is 24.8 Å². The summed E-state index contributed by atoms with van der Waals surface area (Å²) in [4.78, 5) is 14.1. The van der Waals surface area contributed by atoms with Crippen molar-refractivity contribution >= 4 is 5.91 Å². The maximum atomic E-state index is 11.7. The molecule has 1 aromatic carbocycles. The first-order valence-electron chi connectivity index (χ1n) is 8.71. The molecule has 2 aromatic rings. The van der Waals surface area contributed by atoms with E-state index in [1.807, 2.05) is 23.0 Å². The second-order valence-electron chi connectivity index (χ2n) is 6.43. The highest BCUT2D eigenvalue weighted by Crippen LogP contribution is 2.26. The molecule has 0 saturated carbocycles. The fraction of sp³-hybridized carbons (Fsp3) is 0.421. The Balaban J connectivity index is 1.72. The lowest BCUT2D eigenvalue weighted by Crippen LogP contribution is -2.36. The lowest BCUT2D eigenvalue weighted by Gasteiger charge is -2.33. The molecule has 2 heterocycles. The molecule has 3 rings (SSSR count). The molecule has 1 fully saturated rings. The SMILES string of the molecule is CNC(=O)c1ccn([C@H]2CCCN(Cc3cc(C#N)ccc3OC)C2)n1. The van der Waals surface area contributed by atoms with Gasteiger partial charge in [-0.25, -0.2) is 0 Å². The van der Waals surface area contributed by atoms with Crippen LogP contribution >= 0.6 is 0 Å². The molecule has 1 aromatic heterocycles. The number of carbonyl (C=O) groups excluding carboxylic acids is 1. The molecule has 7 heteroatoms. The van der Waals surface area contributed by atoms with Gasteiger partial charge in [-0.15, -0.1) is 0 Å². The van der Waals surface area contributed by atoms with E-state index in [2.05, 4.69) is 21.4 Å². The van der Waals surface area contributed by atoms with Gasteiger partial charge < -0.3 is 10.1 Å². The number of nitriles is 1. The minimum atomic E-state index is -0.172. The first-order valence-corrected chi connectivity index (χ1v) is 8.71. The van der Waals surface area contributed by atoms with Crippen LogP contribution in [0.15, 0.2) is 30.5 Å². The van der Waals surface area contributed by atoms with Gasteiger partial charge in [0.1, 0.15) is 11.4 Å². The van der Waals surface area contributed by atoms with Crippen molar-refractivity contribution in [2.75, 3.05) is 27.2 Å². The van der Waals surface area contributed by atoms with Crippen LogP contribution in [0.5, 0.6) is 5.75 Å². The summed E-state index contributed by atoms with van der Waals surface area (Å²) in [6.07, 6.45) is 3.95. The Morgan fingerprint density at radius 3 is 3.04 bits per heavy atom. The molecule has 7 nitrogen and oxygen atoms in total. The number of nitrogens with zero attached hydrogens (tertiary/aromatic N) is 4. The maximum absolute atomic E-state index is 11.7. The number of piperidine rings is 1. The van der Waals surface area contributed by atoms with Crippen molar-refractivity contribution in [3.63, 3.8) is 0 Å². The number of hydrogen-bond donors (Lipinski definition) is 1. The van der Waals surface area contributed by atoms with Crippen LogP contribution in [0, 0.1) is 11.3 Å². The fourth-order valence-corrected chi connectivity index (χ4v) is 3.39. The van der Waals surface area contributed by atoms with Crippen molar-refractivity contribution in [3.8, 4) is 11.8 Å². The first kappa shape index (κ1) is 18.0. The van der Waals surface area contributed by atoms with Gasteiger partial charge >= 0.3 is 0 Å². The highest BCUT2D eigenvalue weighted by atomic mass is 16.5. The van der Waals surface area contributed by atoms with Crippen LogP contribution in [-0.4, -0.2) is 47.8 Å². The van der Waals surface area contributed by atoms with Crippen LogP contribution in [0.25, 0.3) is 0 Å². The van der Waals surface area contributed by atoms with Crippen LogP contribution in [-0.2, 0) is 6.54 Å². The predicted octanol–water partition coefficient (Wildman–Crippen LogP) is 1.96. The van der Waals surface area contributed by atoms with Crippen molar-refractivity contribution in [1.82, 2.24) is 20.0 Å². The molecule has 0 aliphatic carbocycles. The van der Waals surface area contributed by atoms with Gasteiger partial charge in [-0.3, -0.25) is 14.4 Å². The second kappa shape index (κ2) is 8.02. The number of nitrogens with one attached hydrogen (secondary N) is 1. The molecule has 0 unspecified atom stereocenters. The van der Waals surface area contributed by atoms with Crippen LogP contribution in [0.4, 0.5) is 0 Å². The zero-order valence-electron chi connectivity index (χ0n) is 15.1. The summed E-state index contributed by atoms with van der Waals surface area (Å²) >= 11 is 0. The Kier molecular flexibility index (Phi) is 5.54. The van der Waals surface area contributed by atoms with Crippen molar-refractivity contribution in [1.29, 1.82) is 5.26 Å². The third-order valence-corrected chi connectivity index (χ3v) is 4.73. The zero-order chi connectivity index (χ0) is 18.5. The van der Waals surface area contributed by atoms with Gasteiger partial charge in [0.25, 0.3) is 5.91 Å². The average molecular weight is 353 g/mol. The normalized spacial score (nSPS) is 17.5. The molecule has 0 spiro atoms. The van der Waals surface area contributed by atoms with E-state index in [1.165, 1.54) is 0 Å². The topological polar surface area (TPSA) is 83.2 Å². The van der Waals surface area contributed by atoms with Crippen LogP contribution < -0.4 is 10.1 Å². The molecule has 1 N–H and O–H groups in total. The molecular formula is C19H23N5O2. The number of likely N-dealkylation sites (tertiary alicyclic amines) is 1. The highest BCUT2D eigenvalue weighted by Gasteiger charge is 2.23.